The van der Waals surface area contributed by atoms with E-state index in [0.717, 1.165) is 11.6 Å². The van der Waals surface area contributed by atoms with Gasteiger partial charge in [0.1, 0.15) is 0 Å². The van der Waals surface area contributed by atoms with Crippen molar-refractivity contribution in [3.63, 3.8) is 0 Å². The Morgan fingerprint density at radius 2 is 2.25 bits per heavy atom. The largest absolute Gasteiger partial charge is 0.349 e. The number of anilines is 1. The maximum absolute atomic E-state index is 11.5. The first-order valence-electron chi connectivity index (χ1n) is 5.28. The van der Waals surface area contributed by atoms with Crippen LogP contribution in [0.25, 0.3) is 0 Å². The number of nitrogens with one attached hydrogen (secondary N) is 1. The van der Waals surface area contributed by atoms with Gasteiger partial charge >= 0.3 is 0 Å². The first-order valence-corrected chi connectivity index (χ1v) is 7.10. The van der Waals surface area contributed by atoms with E-state index in [1.54, 1.807) is 0 Å². The Hall–Kier alpha value is -1.04. The van der Waals surface area contributed by atoms with Gasteiger partial charge in [0, 0.05) is 13.2 Å². The second-order valence-electron chi connectivity index (χ2n) is 4.84. The second-order valence-corrected chi connectivity index (χ2v) is 7.03. The van der Waals surface area contributed by atoms with E-state index in [9.17, 15) is 8.42 Å². The fourth-order valence-corrected chi connectivity index (χ4v) is 4.20. The molecular formula is C10H17N3O2S. The molecule has 90 valence electrons. The smallest absolute Gasteiger partial charge is 0.203 e. The Morgan fingerprint density at radius 3 is 2.69 bits per heavy atom. The normalized spacial score (nSPS) is 28.2. The van der Waals surface area contributed by atoms with E-state index in [1.807, 2.05) is 31.7 Å². The predicted octanol–water partition coefficient (Wildman–Crippen LogP) is 0.718. The second kappa shape index (κ2) is 3.48. The Balaban J connectivity index is 2.19. The van der Waals surface area contributed by atoms with Gasteiger partial charge in [-0.2, -0.15) is 0 Å². The number of nitrogens with zero attached hydrogens (tertiary/aromatic N) is 2. The van der Waals surface area contributed by atoms with E-state index in [0.29, 0.717) is 6.42 Å². The zero-order valence-corrected chi connectivity index (χ0v) is 10.6. The fraction of sp³-hybridized carbons (Fsp3) is 0.700. The lowest BCUT2D eigenvalue weighted by Crippen LogP contribution is -2.36. The Bertz CT molecular complexity index is 506. The van der Waals surface area contributed by atoms with E-state index in [2.05, 4.69) is 10.3 Å². The third-order valence-electron chi connectivity index (χ3n) is 2.91. The van der Waals surface area contributed by atoms with Crippen LogP contribution in [0.2, 0.25) is 0 Å². The lowest BCUT2D eigenvalue weighted by atomic mass is 10.0. The molecule has 1 unspecified atom stereocenters. The van der Waals surface area contributed by atoms with Gasteiger partial charge in [-0.05, 0) is 20.3 Å². The summed E-state index contributed by atoms with van der Waals surface area (Å²) in [6.07, 6.45) is 2.55. The number of aryl methyl sites for hydroxylation is 2. The molecule has 0 spiro atoms. The van der Waals surface area contributed by atoms with Gasteiger partial charge in [0.25, 0.3) is 0 Å². The number of hydrogen-bond acceptors (Lipinski definition) is 4. The molecule has 1 N–H and O–H groups in total. The van der Waals surface area contributed by atoms with Gasteiger partial charge in [-0.3, -0.25) is 0 Å². The molecule has 1 saturated heterocycles. The van der Waals surface area contributed by atoms with Crippen molar-refractivity contribution in [1.82, 2.24) is 9.55 Å². The lowest BCUT2D eigenvalue weighted by molar-refractivity contribution is 0.566. The highest BCUT2D eigenvalue weighted by Crippen LogP contribution is 2.26. The molecule has 1 aromatic heterocycles. The van der Waals surface area contributed by atoms with Crippen molar-refractivity contribution in [2.45, 2.75) is 25.8 Å². The van der Waals surface area contributed by atoms with Crippen LogP contribution in [-0.2, 0) is 16.9 Å². The molecule has 0 saturated carbocycles. The number of aromatic nitrogens is 2. The molecule has 5 nitrogen and oxygen atoms in total. The van der Waals surface area contributed by atoms with Crippen LogP contribution >= 0.6 is 0 Å². The minimum Gasteiger partial charge on any atom is -0.349 e. The Morgan fingerprint density at radius 1 is 1.56 bits per heavy atom. The topological polar surface area (TPSA) is 64.0 Å². The van der Waals surface area contributed by atoms with Gasteiger partial charge in [-0.25, -0.2) is 13.4 Å². The van der Waals surface area contributed by atoms with E-state index >= 15 is 0 Å². The van der Waals surface area contributed by atoms with E-state index in [1.165, 1.54) is 0 Å². The summed E-state index contributed by atoms with van der Waals surface area (Å²) in [7, 11) is -0.982. The van der Waals surface area contributed by atoms with Gasteiger partial charge in [0.15, 0.2) is 9.84 Å². The molecule has 2 heterocycles. The van der Waals surface area contributed by atoms with Gasteiger partial charge < -0.3 is 9.88 Å². The Kier molecular flexibility index (Phi) is 2.49. The number of imidazole rings is 1. The van der Waals surface area contributed by atoms with Crippen LogP contribution < -0.4 is 5.32 Å². The molecule has 0 amide bonds. The molecule has 1 atom stereocenters. The zero-order chi connectivity index (χ0) is 12.0. The highest BCUT2D eigenvalue weighted by Gasteiger charge is 2.38. The van der Waals surface area contributed by atoms with Crippen molar-refractivity contribution in [1.29, 1.82) is 0 Å². The fourth-order valence-electron chi connectivity index (χ4n) is 2.11. The van der Waals surface area contributed by atoms with Gasteiger partial charge in [-0.15, -0.1) is 0 Å². The monoisotopic (exact) mass is 243 g/mol. The third-order valence-corrected chi connectivity index (χ3v) is 4.82. The average Bonchev–Trinajstić information content (AvgIpc) is 2.54. The minimum atomic E-state index is -2.88. The highest BCUT2D eigenvalue weighted by atomic mass is 32.2. The van der Waals surface area contributed by atoms with Crippen molar-refractivity contribution in [3.05, 3.63) is 11.9 Å². The van der Waals surface area contributed by atoms with Crippen molar-refractivity contribution in [2.75, 3.05) is 16.8 Å². The maximum atomic E-state index is 11.5. The molecule has 1 aliphatic rings. The van der Waals surface area contributed by atoms with Crippen molar-refractivity contribution < 1.29 is 8.42 Å². The first-order chi connectivity index (χ1) is 7.30. The van der Waals surface area contributed by atoms with Gasteiger partial charge in [0.05, 0.1) is 22.7 Å². The molecule has 1 aliphatic heterocycles. The molecule has 16 heavy (non-hydrogen) atoms. The zero-order valence-electron chi connectivity index (χ0n) is 9.82. The van der Waals surface area contributed by atoms with E-state index < -0.39 is 9.84 Å². The SMILES string of the molecule is Cc1cn(C)c(NC2(C)CCS(=O)(=O)C2)n1. The molecule has 2 rings (SSSR count). The van der Waals surface area contributed by atoms with Crippen LogP contribution in [0.3, 0.4) is 0 Å². The van der Waals surface area contributed by atoms with Crippen LogP contribution in [-0.4, -0.2) is 35.0 Å². The molecule has 1 aromatic rings. The van der Waals surface area contributed by atoms with Gasteiger partial charge in [-0.1, -0.05) is 0 Å². The van der Waals surface area contributed by atoms with Crippen LogP contribution in [0, 0.1) is 6.92 Å². The van der Waals surface area contributed by atoms with Crippen molar-refractivity contribution in [3.8, 4) is 0 Å². The van der Waals surface area contributed by atoms with Crippen LogP contribution in [0.5, 0.6) is 0 Å². The molecule has 0 radical (unpaired) electrons. The van der Waals surface area contributed by atoms with Crippen LogP contribution in [0.15, 0.2) is 6.20 Å². The van der Waals surface area contributed by atoms with Crippen molar-refractivity contribution >= 4 is 15.8 Å². The summed E-state index contributed by atoms with van der Waals surface area (Å²) >= 11 is 0. The van der Waals surface area contributed by atoms with Gasteiger partial charge in [0.2, 0.25) is 5.95 Å². The Labute approximate surface area is 95.8 Å². The average molecular weight is 243 g/mol. The third kappa shape index (κ3) is 2.21. The lowest BCUT2D eigenvalue weighted by Gasteiger charge is -2.24. The first kappa shape index (κ1) is 11.4. The van der Waals surface area contributed by atoms with E-state index in [4.69, 9.17) is 0 Å². The van der Waals surface area contributed by atoms with Crippen LogP contribution in [0.4, 0.5) is 5.95 Å². The standard InChI is InChI=1S/C10H17N3O2S/c1-8-6-13(3)9(11-8)12-10(2)4-5-16(14,15)7-10/h6H,4-5,7H2,1-3H3,(H,11,12). The molecule has 6 heteroatoms. The molecular weight excluding hydrogens is 226 g/mol. The molecule has 0 aliphatic carbocycles. The number of hydrogen-bond donors (Lipinski definition) is 1. The number of rotatable bonds is 2. The molecule has 1 fully saturated rings. The predicted molar refractivity (Wildman–Crippen MR) is 63.2 cm³/mol. The highest BCUT2D eigenvalue weighted by molar-refractivity contribution is 7.91. The summed E-state index contributed by atoms with van der Waals surface area (Å²) in [5.74, 6) is 1.18. The maximum Gasteiger partial charge on any atom is 0.203 e. The van der Waals surface area contributed by atoms with Crippen LogP contribution in [0.1, 0.15) is 19.0 Å². The minimum absolute atomic E-state index is 0.186. The summed E-state index contributed by atoms with van der Waals surface area (Å²) in [4.78, 5) is 4.32. The molecule has 0 aromatic carbocycles. The quantitative estimate of drug-likeness (QED) is 0.831. The molecule has 0 bridgehead atoms. The summed E-state index contributed by atoms with van der Waals surface area (Å²) in [6, 6.07) is 0. The summed E-state index contributed by atoms with van der Waals surface area (Å²) < 4.78 is 24.8. The van der Waals surface area contributed by atoms with E-state index in [-0.39, 0.29) is 17.0 Å². The number of sulfone groups is 1. The van der Waals surface area contributed by atoms with Crippen molar-refractivity contribution in [2.24, 2.45) is 7.05 Å². The summed E-state index contributed by atoms with van der Waals surface area (Å²) in [5.41, 5.74) is 0.541. The summed E-state index contributed by atoms with van der Waals surface area (Å²) in [6.45, 7) is 3.85. The summed E-state index contributed by atoms with van der Waals surface area (Å²) in [5, 5.41) is 3.23.